The van der Waals surface area contributed by atoms with Crippen LogP contribution in [0, 0.1) is 0 Å². The fourth-order valence-electron chi connectivity index (χ4n) is 3.62. The summed E-state index contributed by atoms with van der Waals surface area (Å²) in [6.07, 6.45) is 4.84. The molecule has 3 rings (SSSR count). The predicted molar refractivity (Wildman–Crippen MR) is 90.6 cm³/mol. The van der Waals surface area contributed by atoms with Gasteiger partial charge in [-0.2, -0.15) is 0 Å². The summed E-state index contributed by atoms with van der Waals surface area (Å²) in [7, 11) is 1.66. The molecule has 2 aliphatic heterocycles. The van der Waals surface area contributed by atoms with Gasteiger partial charge < -0.3 is 19.9 Å². The monoisotopic (exact) mass is 317 g/mol. The molecule has 5 heteroatoms. The third-order valence-corrected chi connectivity index (χ3v) is 4.88. The summed E-state index contributed by atoms with van der Waals surface area (Å²) in [6, 6.07) is 8.28. The number of hydrogen-bond acceptors (Lipinski definition) is 3. The minimum absolute atomic E-state index is 0.0644. The Bertz CT molecular complexity index is 529. The Morgan fingerprint density at radius 3 is 2.87 bits per heavy atom. The second kappa shape index (κ2) is 7.68. The van der Waals surface area contributed by atoms with E-state index in [0.29, 0.717) is 12.6 Å². The first-order valence-electron chi connectivity index (χ1n) is 8.66. The lowest BCUT2D eigenvalue weighted by Crippen LogP contribution is -2.46. The van der Waals surface area contributed by atoms with Crippen molar-refractivity contribution in [1.29, 1.82) is 0 Å². The van der Waals surface area contributed by atoms with E-state index in [4.69, 9.17) is 4.74 Å². The average molecular weight is 317 g/mol. The number of nitrogens with one attached hydrogen (secondary N) is 1. The summed E-state index contributed by atoms with van der Waals surface area (Å²) in [5.74, 6) is 0.824. The number of benzene rings is 1. The van der Waals surface area contributed by atoms with Crippen molar-refractivity contribution in [2.24, 2.45) is 0 Å². The van der Waals surface area contributed by atoms with Crippen molar-refractivity contribution in [3.8, 4) is 5.75 Å². The molecular weight excluding hydrogens is 290 g/mol. The zero-order chi connectivity index (χ0) is 16.1. The Labute approximate surface area is 138 Å². The molecule has 0 saturated carbocycles. The van der Waals surface area contributed by atoms with Crippen LogP contribution in [0.15, 0.2) is 24.3 Å². The first-order chi connectivity index (χ1) is 11.3. The fraction of sp³-hybridized carbons (Fsp3) is 0.611. The van der Waals surface area contributed by atoms with Crippen LogP contribution in [0.2, 0.25) is 0 Å². The van der Waals surface area contributed by atoms with E-state index in [1.165, 1.54) is 25.9 Å². The van der Waals surface area contributed by atoms with Crippen LogP contribution in [0.4, 0.5) is 4.79 Å². The maximum atomic E-state index is 12.5. The van der Waals surface area contributed by atoms with Gasteiger partial charge in [0.05, 0.1) is 7.11 Å². The van der Waals surface area contributed by atoms with Crippen molar-refractivity contribution in [3.05, 3.63) is 29.8 Å². The standard InChI is InChI=1S/C18H27N3O2/c1-23-17-8-4-6-15(12-17)13-19-18(22)21-11-5-7-16(21)14-20-9-2-3-10-20/h4,6,8,12,16H,2-3,5,7,9-11,13-14H2,1H3,(H,19,22)/t16-/m0/s1. The molecular formula is C18H27N3O2. The number of amides is 2. The molecule has 23 heavy (non-hydrogen) atoms. The molecule has 2 aliphatic rings. The van der Waals surface area contributed by atoms with E-state index >= 15 is 0 Å². The largest absolute Gasteiger partial charge is 0.497 e. The highest BCUT2D eigenvalue weighted by atomic mass is 16.5. The molecule has 1 aromatic rings. The van der Waals surface area contributed by atoms with Crippen molar-refractivity contribution in [3.63, 3.8) is 0 Å². The average Bonchev–Trinajstić information content (AvgIpc) is 3.25. The van der Waals surface area contributed by atoms with Gasteiger partial charge in [0.1, 0.15) is 5.75 Å². The number of nitrogens with zero attached hydrogens (tertiary/aromatic N) is 2. The summed E-state index contributed by atoms with van der Waals surface area (Å²) in [4.78, 5) is 17.0. The predicted octanol–water partition coefficient (Wildman–Crippen LogP) is 2.47. The van der Waals surface area contributed by atoms with Crippen molar-refractivity contribution in [2.75, 3.05) is 33.3 Å². The number of hydrogen-bond donors (Lipinski definition) is 1. The molecule has 0 bridgehead atoms. The third-order valence-electron chi connectivity index (χ3n) is 4.88. The molecule has 1 N–H and O–H groups in total. The molecule has 2 saturated heterocycles. The van der Waals surface area contributed by atoms with Crippen LogP contribution in [0.3, 0.4) is 0 Å². The molecule has 1 aromatic carbocycles. The summed E-state index contributed by atoms with van der Waals surface area (Å²) >= 11 is 0. The minimum atomic E-state index is 0.0644. The highest BCUT2D eigenvalue weighted by molar-refractivity contribution is 5.74. The Morgan fingerprint density at radius 1 is 1.26 bits per heavy atom. The van der Waals surface area contributed by atoms with Crippen molar-refractivity contribution in [2.45, 2.75) is 38.3 Å². The Kier molecular flexibility index (Phi) is 5.39. The number of urea groups is 1. The number of carbonyl (C=O) groups is 1. The van der Waals surface area contributed by atoms with Crippen LogP contribution in [0.25, 0.3) is 0 Å². The van der Waals surface area contributed by atoms with Gasteiger partial charge in [0.25, 0.3) is 0 Å². The van der Waals surface area contributed by atoms with Crippen LogP contribution in [-0.2, 0) is 6.54 Å². The maximum Gasteiger partial charge on any atom is 0.317 e. The van der Waals surface area contributed by atoms with Gasteiger partial charge >= 0.3 is 6.03 Å². The van der Waals surface area contributed by atoms with Crippen molar-refractivity contribution < 1.29 is 9.53 Å². The Hall–Kier alpha value is -1.75. The summed E-state index contributed by atoms with van der Waals surface area (Å²) in [5, 5.41) is 3.06. The summed E-state index contributed by atoms with van der Waals surface area (Å²) in [5.41, 5.74) is 1.06. The first kappa shape index (κ1) is 16.1. The Morgan fingerprint density at radius 2 is 2.09 bits per heavy atom. The number of carbonyl (C=O) groups excluding carboxylic acids is 1. The first-order valence-corrected chi connectivity index (χ1v) is 8.66. The highest BCUT2D eigenvalue weighted by Crippen LogP contribution is 2.20. The quantitative estimate of drug-likeness (QED) is 0.907. The molecule has 126 valence electrons. The molecule has 0 aliphatic carbocycles. The molecule has 1 atom stereocenters. The topological polar surface area (TPSA) is 44.8 Å². The van der Waals surface area contributed by atoms with E-state index in [1.807, 2.05) is 29.2 Å². The lowest BCUT2D eigenvalue weighted by molar-refractivity contribution is 0.174. The van der Waals surface area contributed by atoms with Gasteiger partial charge in [0, 0.05) is 25.7 Å². The zero-order valence-electron chi connectivity index (χ0n) is 14.0. The van der Waals surface area contributed by atoms with E-state index in [-0.39, 0.29) is 6.03 Å². The molecule has 0 radical (unpaired) electrons. The van der Waals surface area contributed by atoms with E-state index in [2.05, 4.69) is 10.2 Å². The molecule has 2 fully saturated rings. The van der Waals surface area contributed by atoms with Crippen LogP contribution in [0.5, 0.6) is 5.75 Å². The summed E-state index contributed by atoms with van der Waals surface area (Å²) < 4.78 is 5.22. The van der Waals surface area contributed by atoms with E-state index in [1.54, 1.807) is 7.11 Å². The van der Waals surface area contributed by atoms with Gasteiger partial charge in [-0.15, -0.1) is 0 Å². The molecule has 2 amide bonds. The second-order valence-electron chi connectivity index (χ2n) is 6.51. The van der Waals surface area contributed by atoms with E-state index in [0.717, 1.165) is 37.2 Å². The smallest absolute Gasteiger partial charge is 0.317 e. The van der Waals surface area contributed by atoms with Crippen LogP contribution < -0.4 is 10.1 Å². The van der Waals surface area contributed by atoms with E-state index < -0.39 is 0 Å². The minimum Gasteiger partial charge on any atom is -0.497 e. The van der Waals surface area contributed by atoms with Gasteiger partial charge in [0.2, 0.25) is 0 Å². The molecule has 0 unspecified atom stereocenters. The van der Waals surface area contributed by atoms with Crippen LogP contribution >= 0.6 is 0 Å². The van der Waals surface area contributed by atoms with Gasteiger partial charge in [-0.1, -0.05) is 12.1 Å². The lowest BCUT2D eigenvalue weighted by atomic mass is 10.2. The molecule has 0 spiro atoms. The SMILES string of the molecule is COc1cccc(CNC(=O)N2CCC[C@H]2CN2CCCC2)c1. The van der Waals surface area contributed by atoms with Crippen molar-refractivity contribution in [1.82, 2.24) is 15.1 Å². The Balaban J connectivity index is 1.52. The maximum absolute atomic E-state index is 12.5. The van der Waals surface area contributed by atoms with Crippen LogP contribution in [-0.4, -0.2) is 55.2 Å². The number of methoxy groups -OCH3 is 1. The lowest BCUT2D eigenvalue weighted by Gasteiger charge is -2.28. The van der Waals surface area contributed by atoms with Gasteiger partial charge in [-0.25, -0.2) is 4.79 Å². The number of likely N-dealkylation sites (tertiary alicyclic amines) is 2. The molecule has 0 aromatic heterocycles. The normalized spacial score (nSPS) is 21.6. The van der Waals surface area contributed by atoms with E-state index in [9.17, 15) is 4.79 Å². The van der Waals surface area contributed by atoms with Gasteiger partial charge in [0.15, 0.2) is 0 Å². The summed E-state index contributed by atoms with van der Waals surface area (Å²) in [6.45, 7) is 4.84. The molecule has 2 heterocycles. The highest BCUT2D eigenvalue weighted by Gasteiger charge is 2.30. The third kappa shape index (κ3) is 4.16. The number of rotatable bonds is 5. The fourth-order valence-corrected chi connectivity index (χ4v) is 3.62. The van der Waals surface area contributed by atoms with Gasteiger partial charge in [-0.3, -0.25) is 0 Å². The second-order valence-corrected chi connectivity index (χ2v) is 6.51. The van der Waals surface area contributed by atoms with Gasteiger partial charge in [-0.05, 0) is 56.5 Å². The molecule has 5 nitrogen and oxygen atoms in total. The number of ether oxygens (including phenoxy) is 1. The van der Waals surface area contributed by atoms with Crippen molar-refractivity contribution >= 4 is 6.03 Å². The zero-order valence-corrected chi connectivity index (χ0v) is 14.0. The van der Waals surface area contributed by atoms with Crippen LogP contribution in [0.1, 0.15) is 31.2 Å².